The number of allylic oxidation sites excluding steroid dienone is 1. The van der Waals surface area contributed by atoms with E-state index in [2.05, 4.69) is 6.58 Å². The molecule has 0 aliphatic rings. The smallest absolute Gasteiger partial charge is 0.0473 e. The molecule has 0 aliphatic heterocycles. The maximum Gasteiger partial charge on any atom is -0.0473 e. The summed E-state index contributed by atoms with van der Waals surface area (Å²) in [5, 5.41) is 12.0. The second-order valence-electron chi connectivity index (χ2n) is 1.56. The van der Waals surface area contributed by atoms with Crippen LogP contribution in [0, 0.1) is 0 Å². The highest BCUT2D eigenvalue weighted by molar-refractivity contribution is 4.99. The van der Waals surface area contributed by atoms with Gasteiger partial charge in [-0.3, -0.25) is 10.5 Å². The molecular formula is C9H14O2. The lowest BCUT2D eigenvalue weighted by Gasteiger charge is -1.69. The number of hydrogen-bond acceptors (Lipinski definition) is 2. The van der Waals surface area contributed by atoms with E-state index in [4.69, 9.17) is 10.5 Å². The molecule has 0 unspecified atom stereocenters. The third-order valence-corrected chi connectivity index (χ3v) is 0.667. The Morgan fingerprint density at radius 3 is 1.09 bits per heavy atom. The van der Waals surface area contributed by atoms with E-state index in [1.807, 2.05) is 43.3 Å². The van der Waals surface area contributed by atoms with Crippen molar-refractivity contribution in [3.8, 4) is 0 Å². The van der Waals surface area contributed by atoms with Crippen molar-refractivity contribution in [3.63, 3.8) is 0 Å². The predicted molar refractivity (Wildman–Crippen MR) is 47.6 cm³/mol. The fourth-order valence-corrected chi connectivity index (χ4v) is 0.385. The second kappa shape index (κ2) is 15.9. The molecule has 2 heteroatoms. The number of benzene rings is 1. The van der Waals surface area contributed by atoms with Crippen molar-refractivity contribution in [3.05, 3.63) is 49.1 Å². The average molecular weight is 154 g/mol. The molecule has 2 nitrogen and oxygen atoms in total. The first-order valence-electron chi connectivity index (χ1n) is 3.19. The fourth-order valence-electron chi connectivity index (χ4n) is 0.385. The molecule has 11 heavy (non-hydrogen) atoms. The highest BCUT2D eigenvalue weighted by Gasteiger charge is 1.57. The number of rotatable bonds is 0. The van der Waals surface area contributed by atoms with E-state index in [0.717, 1.165) is 0 Å². The Labute approximate surface area is 67.4 Å². The van der Waals surface area contributed by atoms with Crippen molar-refractivity contribution in [2.75, 3.05) is 0 Å². The molecule has 0 aromatic heterocycles. The van der Waals surface area contributed by atoms with E-state index >= 15 is 0 Å². The minimum absolute atomic E-state index is 1.75. The molecule has 0 heterocycles. The number of hydrogen-bond donors (Lipinski definition) is 2. The van der Waals surface area contributed by atoms with Crippen LogP contribution in [-0.2, 0) is 0 Å². The highest BCUT2D eigenvalue weighted by atomic mass is 17.0. The van der Waals surface area contributed by atoms with Crippen molar-refractivity contribution in [2.45, 2.75) is 6.92 Å². The van der Waals surface area contributed by atoms with E-state index in [-0.39, 0.29) is 0 Å². The van der Waals surface area contributed by atoms with Crippen molar-refractivity contribution in [1.29, 1.82) is 0 Å². The molecule has 0 spiro atoms. The molecule has 1 aromatic carbocycles. The Hall–Kier alpha value is -1.12. The molecule has 1 rings (SSSR count). The van der Waals surface area contributed by atoms with E-state index in [1.165, 1.54) is 0 Å². The van der Waals surface area contributed by atoms with Gasteiger partial charge in [0.25, 0.3) is 0 Å². The summed E-state index contributed by atoms with van der Waals surface area (Å²) < 4.78 is 0. The Kier molecular flexibility index (Phi) is 18.2. The molecule has 0 fully saturated rings. The lowest BCUT2D eigenvalue weighted by Crippen LogP contribution is -1.47. The molecule has 0 amide bonds. The van der Waals surface area contributed by atoms with Crippen LogP contribution < -0.4 is 0 Å². The quantitative estimate of drug-likeness (QED) is 0.342. The summed E-state index contributed by atoms with van der Waals surface area (Å²) in [4.78, 5) is 0. The van der Waals surface area contributed by atoms with Crippen LogP contribution in [0.1, 0.15) is 6.92 Å². The van der Waals surface area contributed by atoms with Crippen LogP contribution in [0.25, 0.3) is 0 Å². The van der Waals surface area contributed by atoms with Gasteiger partial charge in [0.1, 0.15) is 0 Å². The van der Waals surface area contributed by atoms with Crippen molar-refractivity contribution in [1.82, 2.24) is 0 Å². The first-order chi connectivity index (χ1) is 5.41. The van der Waals surface area contributed by atoms with Crippen molar-refractivity contribution < 1.29 is 10.5 Å². The van der Waals surface area contributed by atoms with Gasteiger partial charge in [0, 0.05) is 0 Å². The summed E-state index contributed by atoms with van der Waals surface area (Å²) in [7, 11) is 0. The van der Waals surface area contributed by atoms with Gasteiger partial charge >= 0.3 is 0 Å². The fraction of sp³-hybridized carbons (Fsp3) is 0.111. The standard InChI is InChI=1S/C6H6.C3H6.H2O2/c1-2-4-6-5-3-1;1-3-2;1-2/h1-6H;3H,1H2,2H3;1-2H. The van der Waals surface area contributed by atoms with Gasteiger partial charge in [-0.25, -0.2) is 0 Å². The Morgan fingerprint density at radius 1 is 0.909 bits per heavy atom. The largest absolute Gasteiger partial charge is 0.255 e. The first-order valence-corrected chi connectivity index (χ1v) is 3.19. The maximum absolute atomic E-state index is 6.00. The summed E-state index contributed by atoms with van der Waals surface area (Å²) in [6.45, 7) is 5.25. The zero-order chi connectivity index (χ0) is 8.95. The van der Waals surface area contributed by atoms with E-state index < -0.39 is 0 Å². The van der Waals surface area contributed by atoms with E-state index in [9.17, 15) is 0 Å². The van der Waals surface area contributed by atoms with Gasteiger partial charge in [-0.2, -0.15) is 0 Å². The van der Waals surface area contributed by atoms with Gasteiger partial charge in [0.05, 0.1) is 0 Å². The highest BCUT2D eigenvalue weighted by Crippen LogP contribution is 1.79. The summed E-state index contributed by atoms with van der Waals surface area (Å²) in [5.41, 5.74) is 0. The zero-order valence-electron chi connectivity index (χ0n) is 6.64. The third kappa shape index (κ3) is 17.7. The van der Waals surface area contributed by atoms with E-state index in [1.54, 1.807) is 6.08 Å². The van der Waals surface area contributed by atoms with Crippen LogP contribution in [0.15, 0.2) is 49.1 Å². The summed E-state index contributed by atoms with van der Waals surface area (Å²) in [5.74, 6) is 0. The summed E-state index contributed by atoms with van der Waals surface area (Å²) in [6, 6.07) is 12.0. The zero-order valence-corrected chi connectivity index (χ0v) is 6.64. The van der Waals surface area contributed by atoms with Gasteiger partial charge in [0.15, 0.2) is 0 Å². The molecule has 0 saturated carbocycles. The molecule has 2 N–H and O–H groups in total. The molecule has 0 bridgehead atoms. The minimum atomic E-state index is 1.75. The Bertz CT molecular complexity index is 111. The van der Waals surface area contributed by atoms with Gasteiger partial charge in [-0.1, -0.05) is 42.5 Å². The van der Waals surface area contributed by atoms with Gasteiger partial charge < -0.3 is 0 Å². The SMILES string of the molecule is C=CC.OO.c1ccccc1. The molecule has 0 saturated heterocycles. The average Bonchev–Trinajstić information content (AvgIpc) is 2.12. The Balaban J connectivity index is 0. The molecule has 1 aromatic rings. The topological polar surface area (TPSA) is 40.5 Å². The maximum atomic E-state index is 6.00. The molecule has 0 aliphatic carbocycles. The van der Waals surface area contributed by atoms with Crippen molar-refractivity contribution >= 4 is 0 Å². The normalized spacial score (nSPS) is 6.09. The Morgan fingerprint density at radius 2 is 1.00 bits per heavy atom. The monoisotopic (exact) mass is 154 g/mol. The van der Waals surface area contributed by atoms with Crippen molar-refractivity contribution in [2.24, 2.45) is 0 Å². The lowest BCUT2D eigenvalue weighted by atomic mass is 10.4. The second-order valence-corrected chi connectivity index (χ2v) is 1.56. The van der Waals surface area contributed by atoms with Gasteiger partial charge in [-0.15, -0.1) is 6.58 Å². The van der Waals surface area contributed by atoms with Gasteiger partial charge in [-0.05, 0) is 6.92 Å². The van der Waals surface area contributed by atoms with Crippen LogP contribution in [-0.4, -0.2) is 10.5 Å². The van der Waals surface area contributed by atoms with Crippen LogP contribution in [0.5, 0.6) is 0 Å². The summed E-state index contributed by atoms with van der Waals surface area (Å²) >= 11 is 0. The molecule has 0 atom stereocenters. The molecule has 0 radical (unpaired) electrons. The minimum Gasteiger partial charge on any atom is -0.255 e. The van der Waals surface area contributed by atoms with Gasteiger partial charge in [0.2, 0.25) is 0 Å². The van der Waals surface area contributed by atoms with Crippen LogP contribution in [0.4, 0.5) is 0 Å². The van der Waals surface area contributed by atoms with Crippen LogP contribution >= 0.6 is 0 Å². The predicted octanol–water partition coefficient (Wildman–Crippen LogP) is 2.90. The molecule has 62 valence electrons. The molecular weight excluding hydrogens is 140 g/mol. The van der Waals surface area contributed by atoms with Crippen LogP contribution in [0.2, 0.25) is 0 Å². The lowest BCUT2D eigenvalue weighted by molar-refractivity contribution is -0.176. The first kappa shape index (κ1) is 12.5. The van der Waals surface area contributed by atoms with Crippen LogP contribution in [0.3, 0.4) is 0 Å². The van der Waals surface area contributed by atoms with E-state index in [0.29, 0.717) is 0 Å². The third-order valence-electron chi connectivity index (χ3n) is 0.667. The summed E-state index contributed by atoms with van der Waals surface area (Å²) in [6.07, 6.45) is 1.75.